The van der Waals surface area contributed by atoms with Crippen molar-refractivity contribution in [2.75, 3.05) is 26.2 Å². The Labute approximate surface area is 139 Å². The van der Waals surface area contributed by atoms with Gasteiger partial charge in [-0.3, -0.25) is 9.69 Å². The number of aliphatic hydroxyl groups is 1. The number of hydrogen-bond acceptors (Lipinski definition) is 6. The third kappa shape index (κ3) is 3.63. The number of amides is 1. The van der Waals surface area contributed by atoms with Crippen molar-refractivity contribution in [2.24, 2.45) is 0 Å². The molecule has 6 nitrogen and oxygen atoms in total. The average molecular weight is 335 g/mol. The Morgan fingerprint density at radius 3 is 2.78 bits per heavy atom. The van der Waals surface area contributed by atoms with E-state index in [9.17, 15) is 9.90 Å². The second kappa shape index (κ2) is 6.82. The maximum absolute atomic E-state index is 11.8. The van der Waals surface area contributed by atoms with Crippen molar-refractivity contribution < 1.29 is 14.3 Å². The molecule has 124 valence electrons. The largest absolute Gasteiger partial charge is 0.440 e. The number of oxazole rings is 1. The third-order valence-corrected chi connectivity index (χ3v) is 4.90. The zero-order chi connectivity index (χ0) is 16.4. The normalized spacial score (nSPS) is 17.4. The first-order valence-electron chi connectivity index (χ1n) is 7.74. The summed E-state index contributed by atoms with van der Waals surface area (Å²) in [7, 11) is 0. The van der Waals surface area contributed by atoms with Gasteiger partial charge in [-0.05, 0) is 25.3 Å². The van der Waals surface area contributed by atoms with Crippen LogP contribution in [0.25, 0.3) is 10.8 Å². The number of aromatic nitrogens is 1. The molecule has 1 atom stereocenters. The van der Waals surface area contributed by atoms with Gasteiger partial charge in [0.15, 0.2) is 0 Å². The van der Waals surface area contributed by atoms with Crippen LogP contribution >= 0.6 is 11.3 Å². The maximum atomic E-state index is 11.8. The summed E-state index contributed by atoms with van der Waals surface area (Å²) in [6.45, 7) is 7.00. The lowest BCUT2D eigenvalue weighted by molar-refractivity contribution is -0.141. The third-order valence-electron chi connectivity index (χ3n) is 4.04. The smallest absolute Gasteiger partial charge is 0.251 e. The Kier molecular flexibility index (Phi) is 4.79. The van der Waals surface area contributed by atoms with Crippen molar-refractivity contribution in [3.8, 4) is 10.8 Å². The summed E-state index contributed by atoms with van der Waals surface area (Å²) < 4.78 is 5.77. The van der Waals surface area contributed by atoms with Gasteiger partial charge < -0.3 is 14.4 Å². The maximum Gasteiger partial charge on any atom is 0.251 e. The summed E-state index contributed by atoms with van der Waals surface area (Å²) >= 11 is 1.61. The van der Waals surface area contributed by atoms with Crippen LogP contribution in [0.4, 0.5) is 0 Å². The highest BCUT2D eigenvalue weighted by atomic mass is 32.1. The molecule has 2 aromatic rings. The first kappa shape index (κ1) is 16.2. The first-order chi connectivity index (χ1) is 11.0. The van der Waals surface area contributed by atoms with E-state index >= 15 is 0 Å². The van der Waals surface area contributed by atoms with Gasteiger partial charge in [-0.25, -0.2) is 4.98 Å². The van der Waals surface area contributed by atoms with Crippen LogP contribution in [0.5, 0.6) is 0 Å². The molecule has 1 aliphatic rings. The number of nitrogens with zero attached hydrogens (tertiary/aromatic N) is 3. The van der Waals surface area contributed by atoms with Gasteiger partial charge in [0.25, 0.3) is 5.91 Å². The van der Waals surface area contributed by atoms with E-state index in [-0.39, 0.29) is 5.91 Å². The van der Waals surface area contributed by atoms with Crippen molar-refractivity contribution in [1.29, 1.82) is 0 Å². The summed E-state index contributed by atoms with van der Waals surface area (Å²) in [4.78, 5) is 21.4. The van der Waals surface area contributed by atoms with E-state index in [0.717, 1.165) is 36.0 Å². The number of piperazine rings is 1. The Bertz CT molecular complexity index is 658. The van der Waals surface area contributed by atoms with Crippen LogP contribution < -0.4 is 0 Å². The van der Waals surface area contributed by atoms with E-state index in [2.05, 4.69) is 9.88 Å². The molecular weight excluding hydrogens is 314 g/mol. The molecule has 0 bridgehead atoms. The molecule has 0 spiro atoms. The van der Waals surface area contributed by atoms with Gasteiger partial charge >= 0.3 is 0 Å². The minimum atomic E-state index is -0.923. The van der Waals surface area contributed by atoms with Gasteiger partial charge in [-0.15, -0.1) is 11.3 Å². The summed E-state index contributed by atoms with van der Waals surface area (Å²) in [6, 6.07) is 3.98. The molecule has 0 aromatic carbocycles. The molecule has 23 heavy (non-hydrogen) atoms. The van der Waals surface area contributed by atoms with E-state index in [4.69, 9.17) is 4.42 Å². The number of carbonyl (C=O) groups is 1. The number of aliphatic hydroxyl groups excluding tert-OH is 1. The standard InChI is InChI=1S/C16H21N3O3S/c1-11(20)16(21)19-7-5-18(6-8-19)10-13-12(2)22-15(17-13)14-4-3-9-23-14/h3-4,9,11,20H,5-8,10H2,1-2H3. The van der Waals surface area contributed by atoms with E-state index < -0.39 is 6.10 Å². The lowest BCUT2D eigenvalue weighted by Crippen LogP contribution is -2.50. The SMILES string of the molecule is Cc1oc(-c2cccs2)nc1CN1CCN(C(=O)C(C)O)CC1. The lowest BCUT2D eigenvalue weighted by Gasteiger charge is -2.34. The minimum Gasteiger partial charge on any atom is -0.440 e. The van der Waals surface area contributed by atoms with Crippen LogP contribution in [-0.2, 0) is 11.3 Å². The highest BCUT2D eigenvalue weighted by molar-refractivity contribution is 7.13. The highest BCUT2D eigenvalue weighted by Crippen LogP contribution is 2.26. The molecule has 1 aliphatic heterocycles. The van der Waals surface area contributed by atoms with Gasteiger partial charge in [0, 0.05) is 32.7 Å². The van der Waals surface area contributed by atoms with Gasteiger partial charge in [-0.2, -0.15) is 0 Å². The molecule has 3 rings (SSSR count). The fraction of sp³-hybridized carbons (Fsp3) is 0.500. The number of hydrogen-bond donors (Lipinski definition) is 1. The van der Waals surface area contributed by atoms with Crippen LogP contribution in [0.2, 0.25) is 0 Å². The Balaban J connectivity index is 1.60. The average Bonchev–Trinajstić information content (AvgIpc) is 3.18. The minimum absolute atomic E-state index is 0.192. The molecule has 1 fully saturated rings. The Morgan fingerprint density at radius 2 is 2.17 bits per heavy atom. The predicted octanol–water partition coefficient (Wildman–Crippen LogP) is 1.74. The first-order valence-corrected chi connectivity index (χ1v) is 8.62. The van der Waals surface area contributed by atoms with Crippen LogP contribution in [0.3, 0.4) is 0 Å². The van der Waals surface area contributed by atoms with Gasteiger partial charge in [0.05, 0.1) is 10.6 Å². The summed E-state index contributed by atoms with van der Waals surface area (Å²) in [6.07, 6.45) is -0.923. The van der Waals surface area contributed by atoms with Gasteiger partial charge in [-0.1, -0.05) is 6.07 Å². The van der Waals surface area contributed by atoms with Crippen LogP contribution in [0.1, 0.15) is 18.4 Å². The molecule has 1 amide bonds. The number of carbonyl (C=O) groups excluding carboxylic acids is 1. The molecule has 0 radical (unpaired) electrons. The summed E-state index contributed by atoms with van der Waals surface area (Å²) in [5.74, 6) is 1.33. The second-order valence-corrected chi connectivity index (χ2v) is 6.72. The fourth-order valence-electron chi connectivity index (χ4n) is 2.68. The van der Waals surface area contributed by atoms with E-state index in [1.807, 2.05) is 24.4 Å². The van der Waals surface area contributed by atoms with E-state index in [1.165, 1.54) is 6.92 Å². The molecular formula is C16H21N3O3S. The van der Waals surface area contributed by atoms with Crippen LogP contribution in [0.15, 0.2) is 21.9 Å². The highest BCUT2D eigenvalue weighted by Gasteiger charge is 2.24. The van der Waals surface area contributed by atoms with Crippen molar-refractivity contribution in [1.82, 2.24) is 14.8 Å². The molecule has 3 heterocycles. The molecule has 1 saturated heterocycles. The van der Waals surface area contributed by atoms with Crippen molar-refractivity contribution in [2.45, 2.75) is 26.5 Å². The number of aryl methyl sites for hydroxylation is 1. The quantitative estimate of drug-likeness (QED) is 0.921. The fourth-order valence-corrected chi connectivity index (χ4v) is 3.33. The van der Waals surface area contributed by atoms with Gasteiger partial charge in [0.1, 0.15) is 11.9 Å². The van der Waals surface area contributed by atoms with Gasteiger partial charge in [0.2, 0.25) is 5.89 Å². The summed E-state index contributed by atoms with van der Waals surface area (Å²) in [5, 5.41) is 11.4. The Hall–Kier alpha value is -1.70. The predicted molar refractivity (Wildman–Crippen MR) is 88.1 cm³/mol. The van der Waals surface area contributed by atoms with Crippen molar-refractivity contribution >= 4 is 17.2 Å². The molecule has 2 aromatic heterocycles. The molecule has 1 N–H and O–H groups in total. The zero-order valence-electron chi connectivity index (χ0n) is 13.4. The molecule has 7 heteroatoms. The van der Waals surface area contributed by atoms with E-state index in [1.54, 1.807) is 16.2 Å². The molecule has 0 saturated carbocycles. The monoisotopic (exact) mass is 335 g/mol. The van der Waals surface area contributed by atoms with Crippen molar-refractivity contribution in [3.63, 3.8) is 0 Å². The summed E-state index contributed by atoms with van der Waals surface area (Å²) in [5.41, 5.74) is 0.948. The molecule has 0 aliphatic carbocycles. The lowest BCUT2D eigenvalue weighted by atomic mass is 10.2. The molecule has 1 unspecified atom stereocenters. The van der Waals surface area contributed by atoms with E-state index in [0.29, 0.717) is 19.0 Å². The zero-order valence-corrected chi connectivity index (χ0v) is 14.2. The second-order valence-electron chi connectivity index (χ2n) is 5.78. The topological polar surface area (TPSA) is 69.8 Å². The van der Waals surface area contributed by atoms with Crippen LogP contribution in [0, 0.1) is 6.92 Å². The van der Waals surface area contributed by atoms with Crippen LogP contribution in [-0.4, -0.2) is 58.1 Å². The Morgan fingerprint density at radius 1 is 1.43 bits per heavy atom. The number of rotatable bonds is 4. The number of thiophene rings is 1. The van der Waals surface area contributed by atoms with Crippen molar-refractivity contribution in [3.05, 3.63) is 29.0 Å².